The van der Waals surface area contributed by atoms with Crippen LogP contribution >= 0.6 is 46.7 Å². The number of halogens is 2. The standard InChI is InChI=1S/C26H24Cl2N2O2S2/c27-22-11-6-19(14-23(22)28)16-33-13-12-29-25(32)20-7-9-21(10-8-20)26-30(24(31)17-34-26)15-18-4-2-1-3-5-18/h1-11,14,26H,12-13,15-17H2,(H,29,32)/t26-/m0/s1. The molecule has 34 heavy (non-hydrogen) atoms. The van der Waals surface area contributed by atoms with Crippen molar-refractivity contribution in [2.75, 3.05) is 18.1 Å². The predicted octanol–water partition coefficient (Wildman–Crippen LogP) is 6.43. The summed E-state index contributed by atoms with van der Waals surface area (Å²) in [5, 5.41) is 4.03. The summed E-state index contributed by atoms with van der Waals surface area (Å²) in [4.78, 5) is 26.9. The highest BCUT2D eigenvalue weighted by Crippen LogP contribution is 2.39. The van der Waals surface area contributed by atoms with Crippen LogP contribution in [0, 0.1) is 0 Å². The van der Waals surface area contributed by atoms with Gasteiger partial charge in [-0.15, -0.1) is 11.8 Å². The molecular formula is C26H24Cl2N2O2S2. The first kappa shape index (κ1) is 25.0. The Bertz CT molecular complexity index is 1140. The third kappa shape index (κ3) is 6.51. The molecule has 8 heteroatoms. The first-order valence-corrected chi connectivity index (χ1v) is 13.8. The molecule has 1 N–H and O–H groups in total. The highest BCUT2D eigenvalue weighted by atomic mass is 35.5. The summed E-state index contributed by atoms with van der Waals surface area (Å²) in [5.74, 6) is 2.11. The van der Waals surface area contributed by atoms with Gasteiger partial charge in [0.25, 0.3) is 5.91 Å². The number of nitrogens with zero attached hydrogens (tertiary/aromatic N) is 1. The van der Waals surface area contributed by atoms with Crippen molar-refractivity contribution in [2.45, 2.75) is 17.7 Å². The molecule has 3 aromatic rings. The molecule has 1 saturated heterocycles. The van der Waals surface area contributed by atoms with Gasteiger partial charge in [-0.1, -0.05) is 71.7 Å². The van der Waals surface area contributed by atoms with Crippen LogP contribution in [0.15, 0.2) is 72.8 Å². The first-order chi connectivity index (χ1) is 16.5. The molecule has 0 aromatic heterocycles. The molecule has 1 aliphatic heterocycles. The second-order valence-electron chi connectivity index (χ2n) is 7.85. The van der Waals surface area contributed by atoms with E-state index < -0.39 is 0 Å². The van der Waals surface area contributed by atoms with Gasteiger partial charge in [0.05, 0.1) is 15.8 Å². The van der Waals surface area contributed by atoms with E-state index in [0.29, 0.717) is 34.5 Å². The van der Waals surface area contributed by atoms with Crippen molar-refractivity contribution in [2.24, 2.45) is 0 Å². The summed E-state index contributed by atoms with van der Waals surface area (Å²) < 4.78 is 0. The molecule has 1 atom stereocenters. The van der Waals surface area contributed by atoms with E-state index in [4.69, 9.17) is 23.2 Å². The van der Waals surface area contributed by atoms with E-state index in [1.54, 1.807) is 29.6 Å². The normalized spacial score (nSPS) is 15.5. The summed E-state index contributed by atoms with van der Waals surface area (Å²) in [6.45, 7) is 1.16. The van der Waals surface area contributed by atoms with Gasteiger partial charge < -0.3 is 10.2 Å². The highest BCUT2D eigenvalue weighted by Gasteiger charge is 2.32. The van der Waals surface area contributed by atoms with Crippen LogP contribution in [0.3, 0.4) is 0 Å². The van der Waals surface area contributed by atoms with E-state index in [2.05, 4.69) is 5.32 Å². The van der Waals surface area contributed by atoms with Gasteiger partial charge in [-0.2, -0.15) is 11.8 Å². The van der Waals surface area contributed by atoms with Crippen molar-refractivity contribution in [1.29, 1.82) is 0 Å². The molecule has 1 aliphatic rings. The fourth-order valence-corrected chi connectivity index (χ4v) is 5.95. The van der Waals surface area contributed by atoms with E-state index in [1.165, 1.54) is 0 Å². The highest BCUT2D eigenvalue weighted by molar-refractivity contribution is 8.00. The van der Waals surface area contributed by atoms with Gasteiger partial charge in [0.15, 0.2) is 0 Å². The zero-order valence-electron chi connectivity index (χ0n) is 18.4. The van der Waals surface area contributed by atoms with Crippen LogP contribution < -0.4 is 5.32 Å². The van der Waals surface area contributed by atoms with E-state index in [1.807, 2.05) is 71.6 Å². The monoisotopic (exact) mass is 530 g/mol. The summed E-state index contributed by atoms with van der Waals surface area (Å²) in [6, 6.07) is 23.2. The van der Waals surface area contributed by atoms with Crippen molar-refractivity contribution >= 4 is 58.5 Å². The molecule has 4 rings (SSSR count). The van der Waals surface area contributed by atoms with Gasteiger partial charge in [-0.3, -0.25) is 9.59 Å². The lowest BCUT2D eigenvalue weighted by Crippen LogP contribution is -2.28. The molecule has 1 heterocycles. The molecule has 4 nitrogen and oxygen atoms in total. The lowest BCUT2D eigenvalue weighted by molar-refractivity contribution is -0.128. The van der Waals surface area contributed by atoms with E-state index in [0.717, 1.165) is 28.2 Å². The van der Waals surface area contributed by atoms with E-state index in [-0.39, 0.29) is 17.2 Å². The van der Waals surface area contributed by atoms with Crippen molar-refractivity contribution in [3.63, 3.8) is 0 Å². The smallest absolute Gasteiger partial charge is 0.251 e. The molecule has 0 radical (unpaired) electrons. The lowest BCUT2D eigenvalue weighted by Gasteiger charge is -2.24. The van der Waals surface area contributed by atoms with Gasteiger partial charge in [-0.05, 0) is 41.0 Å². The molecule has 0 unspecified atom stereocenters. The number of amides is 2. The van der Waals surface area contributed by atoms with Crippen LogP contribution in [-0.4, -0.2) is 34.8 Å². The van der Waals surface area contributed by atoms with Crippen molar-refractivity contribution in [3.8, 4) is 0 Å². The quantitative estimate of drug-likeness (QED) is 0.324. The number of rotatable bonds is 9. The largest absolute Gasteiger partial charge is 0.351 e. The molecule has 176 valence electrons. The van der Waals surface area contributed by atoms with Crippen LogP contribution in [0.1, 0.15) is 32.4 Å². The molecule has 3 aromatic carbocycles. The Labute approximate surface area is 218 Å². The molecule has 1 fully saturated rings. The van der Waals surface area contributed by atoms with Gasteiger partial charge in [-0.25, -0.2) is 0 Å². The average molecular weight is 532 g/mol. The van der Waals surface area contributed by atoms with Crippen molar-refractivity contribution < 1.29 is 9.59 Å². The summed E-state index contributed by atoms with van der Waals surface area (Å²) in [7, 11) is 0. The molecule has 0 spiro atoms. The van der Waals surface area contributed by atoms with Gasteiger partial charge in [0, 0.05) is 30.2 Å². The summed E-state index contributed by atoms with van der Waals surface area (Å²) in [6.07, 6.45) is 0. The van der Waals surface area contributed by atoms with Crippen LogP contribution in [0.2, 0.25) is 10.0 Å². The number of carbonyl (C=O) groups excluding carboxylic acids is 2. The molecule has 2 amide bonds. The Balaban J connectivity index is 1.26. The van der Waals surface area contributed by atoms with E-state index >= 15 is 0 Å². The Morgan fingerprint density at radius 3 is 2.50 bits per heavy atom. The maximum atomic E-state index is 12.5. The number of nitrogens with one attached hydrogen (secondary N) is 1. The summed E-state index contributed by atoms with van der Waals surface area (Å²) in [5.41, 5.74) is 3.85. The van der Waals surface area contributed by atoms with Gasteiger partial charge in [0.2, 0.25) is 5.91 Å². The second kappa shape index (κ2) is 12.0. The van der Waals surface area contributed by atoms with Crippen LogP contribution in [0.4, 0.5) is 0 Å². The third-order valence-electron chi connectivity index (χ3n) is 5.41. The van der Waals surface area contributed by atoms with Crippen LogP contribution in [0.5, 0.6) is 0 Å². The maximum Gasteiger partial charge on any atom is 0.251 e. The maximum absolute atomic E-state index is 12.5. The minimum atomic E-state index is -0.0991. The SMILES string of the molecule is O=C(NCCSCc1ccc(Cl)c(Cl)c1)c1ccc([C@@H]2SCC(=O)N2Cc2ccccc2)cc1. The molecule has 0 aliphatic carbocycles. The summed E-state index contributed by atoms with van der Waals surface area (Å²) >= 11 is 15.3. The second-order valence-corrected chi connectivity index (χ2v) is 10.8. The Kier molecular flexibility index (Phi) is 8.84. The zero-order valence-corrected chi connectivity index (χ0v) is 21.5. The number of carbonyl (C=O) groups is 2. The minimum Gasteiger partial charge on any atom is -0.351 e. The Hall–Kier alpha value is -2.12. The predicted molar refractivity (Wildman–Crippen MR) is 144 cm³/mol. The number of hydrogen-bond acceptors (Lipinski definition) is 4. The molecule has 0 bridgehead atoms. The first-order valence-electron chi connectivity index (χ1n) is 10.9. The zero-order chi connectivity index (χ0) is 23.9. The fourth-order valence-electron chi connectivity index (χ4n) is 3.64. The van der Waals surface area contributed by atoms with Gasteiger partial charge >= 0.3 is 0 Å². The van der Waals surface area contributed by atoms with Crippen LogP contribution in [-0.2, 0) is 17.1 Å². The van der Waals surface area contributed by atoms with Gasteiger partial charge in [0.1, 0.15) is 5.37 Å². The van der Waals surface area contributed by atoms with Crippen molar-refractivity contribution in [1.82, 2.24) is 10.2 Å². The Morgan fingerprint density at radius 1 is 1.00 bits per heavy atom. The number of hydrogen-bond donors (Lipinski definition) is 1. The van der Waals surface area contributed by atoms with E-state index in [9.17, 15) is 9.59 Å². The fraction of sp³-hybridized carbons (Fsp3) is 0.231. The van der Waals surface area contributed by atoms with Crippen molar-refractivity contribution in [3.05, 3.63) is 105 Å². The molecule has 0 saturated carbocycles. The lowest BCUT2D eigenvalue weighted by atomic mass is 10.1. The minimum absolute atomic E-state index is 0.0393. The number of benzene rings is 3. The van der Waals surface area contributed by atoms with Crippen LogP contribution in [0.25, 0.3) is 0 Å². The molecular weight excluding hydrogens is 507 g/mol. The number of thioether (sulfide) groups is 2. The average Bonchev–Trinajstić information content (AvgIpc) is 3.21. The topological polar surface area (TPSA) is 49.4 Å². The Morgan fingerprint density at radius 2 is 1.76 bits per heavy atom. The third-order valence-corrected chi connectivity index (χ3v) is 8.43.